The molecule has 6 heteroatoms. The number of Topliss-reactive ketones (excluding diaryl/α,β-unsaturated/α-hetero) is 1. The molecule has 0 spiro atoms. The van der Waals surface area contributed by atoms with Crippen LogP contribution in [0.25, 0.3) is 11.4 Å². The van der Waals surface area contributed by atoms with Gasteiger partial charge in [0.25, 0.3) is 0 Å². The predicted molar refractivity (Wildman–Crippen MR) is 99.5 cm³/mol. The summed E-state index contributed by atoms with van der Waals surface area (Å²) in [7, 11) is 0. The number of carbonyl (C=O) groups excluding carboxylic acids is 1. The number of pyridine rings is 1. The zero-order valence-electron chi connectivity index (χ0n) is 14.3. The minimum Gasteiger partial charge on any atom is -0.302 e. The smallest absolute Gasteiger partial charge is 0.191 e. The summed E-state index contributed by atoms with van der Waals surface area (Å²) >= 11 is 1.44. The molecule has 3 aromatic rings. The maximum absolute atomic E-state index is 12.3. The lowest BCUT2D eigenvalue weighted by molar-refractivity contribution is -0.116. The fourth-order valence-electron chi connectivity index (χ4n) is 2.52. The van der Waals surface area contributed by atoms with Crippen LogP contribution in [0.1, 0.15) is 18.1 Å². The summed E-state index contributed by atoms with van der Waals surface area (Å²) in [5.74, 6) is 1.35. The molecule has 0 amide bonds. The van der Waals surface area contributed by atoms with E-state index in [2.05, 4.69) is 15.2 Å². The van der Waals surface area contributed by atoms with Gasteiger partial charge in [0.1, 0.15) is 5.78 Å². The highest BCUT2D eigenvalue weighted by molar-refractivity contribution is 7.99. The van der Waals surface area contributed by atoms with Crippen molar-refractivity contribution in [2.75, 3.05) is 5.75 Å². The summed E-state index contributed by atoms with van der Waals surface area (Å²) in [5, 5.41) is 9.28. The molecule has 0 bridgehead atoms. The molecule has 0 aliphatic heterocycles. The molecule has 2 heterocycles. The highest BCUT2D eigenvalue weighted by Gasteiger charge is 2.14. The lowest BCUT2D eigenvalue weighted by Gasteiger charge is -2.07. The van der Waals surface area contributed by atoms with Gasteiger partial charge in [0.2, 0.25) is 0 Å². The Labute approximate surface area is 151 Å². The third-order valence-corrected chi connectivity index (χ3v) is 4.86. The van der Waals surface area contributed by atoms with Crippen LogP contribution in [0.15, 0.2) is 53.9 Å². The molecular weight excluding hydrogens is 332 g/mol. The molecule has 1 aromatic carbocycles. The average molecular weight is 352 g/mol. The summed E-state index contributed by atoms with van der Waals surface area (Å²) in [4.78, 5) is 16.4. The minimum absolute atomic E-state index is 0.183. The molecule has 0 aliphatic carbocycles. The second-order valence-corrected chi connectivity index (χ2v) is 6.72. The Kier molecular flexibility index (Phi) is 5.60. The monoisotopic (exact) mass is 352 g/mol. The van der Waals surface area contributed by atoms with Crippen LogP contribution >= 0.6 is 11.8 Å². The first-order chi connectivity index (χ1) is 12.2. The molecule has 0 saturated heterocycles. The van der Waals surface area contributed by atoms with Crippen molar-refractivity contribution in [3.8, 4) is 11.4 Å². The molecule has 0 radical (unpaired) electrons. The molecule has 2 aromatic heterocycles. The van der Waals surface area contributed by atoms with E-state index < -0.39 is 0 Å². The van der Waals surface area contributed by atoms with E-state index in [1.165, 1.54) is 17.3 Å². The van der Waals surface area contributed by atoms with Crippen molar-refractivity contribution in [1.29, 1.82) is 0 Å². The van der Waals surface area contributed by atoms with Crippen LogP contribution in [0.4, 0.5) is 0 Å². The summed E-state index contributed by atoms with van der Waals surface area (Å²) in [6.07, 6.45) is 3.95. The van der Waals surface area contributed by atoms with Crippen LogP contribution < -0.4 is 0 Å². The lowest BCUT2D eigenvalue weighted by Crippen LogP contribution is -2.07. The van der Waals surface area contributed by atoms with Crippen LogP contribution in [0.3, 0.4) is 0 Å². The fraction of sp³-hybridized carbons (Fsp3) is 0.263. The summed E-state index contributed by atoms with van der Waals surface area (Å²) in [5.41, 5.74) is 3.17. The van der Waals surface area contributed by atoms with Crippen molar-refractivity contribution in [3.63, 3.8) is 0 Å². The first kappa shape index (κ1) is 17.4. The number of carbonyl (C=O) groups is 1. The molecule has 0 N–H and O–H groups in total. The van der Waals surface area contributed by atoms with E-state index >= 15 is 0 Å². The zero-order chi connectivity index (χ0) is 17.6. The van der Waals surface area contributed by atoms with Crippen molar-refractivity contribution in [2.24, 2.45) is 0 Å². The summed E-state index contributed by atoms with van der Waals surface area (Å²) < 4.78 is 2.01. The van der Waals surface area contributed by atoms with Crippen molar-refractivity contribution in [2.45, 2.75) is 32.0 Å². The minimum atomic E-state index is 0.183. The van der Waals surface area contributed by atoms with Crippen molar-refractivity contribution < 1.29 is 4.79 Å². The van der Waals surface area contributed by atoms with Crippen molar-refractivity contribution >= 4 is 17.5 Å². The Morgan fingerprint density at radius 3 is 2.64 bits per heavy atom. The van der Waals surface area contributed by atoms with Crippen LogP contribution in [0.2, 0.25) is 0 Å². The molecule has 3 rings (SSSR count). The van der Waals surface area contributed by atoms with Gasteiger partial charge in [0.15, 0.2) is 11.0 Å². The van der Waals surface area contributed by atoms with Crippen molar-refractivity contribution in [1.82, 2.24) is 19.7 Å². The zero-order valence-corrected chi connectivity index (χ0v) is 15.2. The van der Waals surface area contributed by atoms with Gasteiger partial charge in [0.05, 0.1) is 5.75 Å². The largest absolute Gasteiger partial charge is 0.302 e. The van der Waals surface area contributed by atoms with Gasteiger partial charge in [0, 0.05) is 30.9 Å². The van der Waals surface area contributed by atoms with E-state index in [1.54, 1.807) is 12.4 Å². The Balaban J connectivity index is 1.66. The number of hydrogen-bond acceptors (Lipinski definition) is 5. The molecule has 0 atom stereocenters. The molecule has 0 unspecified atom stereocenters. The topological polar surface area (TPSA) is 60.7 Å². The number of aromatic nitrogens is 4. The van der Waals surface area contributed by atoms with E-state index in [-0.39, 0.29) is 5.78 Å². The molecular formula is C19H20N4OS. The van der Waals surface area contributed by atoms with E-state index in [1.807, 2.05) is 54.8 Å². The highest BCUT2D eigenvalue weighted by atomic mass is 32.2. The second-order valence-electron chi connectivity index (χ2n) is 5.78. The van der Waals surface area contributed by atoms with Crippen LogP contribution in [-0.4, -0.2) is 31.3 Å². The highest BCUT2D eigenvalue weighted by Crippen LogP contribution is 2.23. The first-order valence-corrected chi connectivity index (χ1v) is 9.19. The van der Waals surface area contributed by atoms with Crippen LogP contribution in [0, 0.1) is 6.92 Å². The lowest BCUT2D eigenvalue weighted by atomic mass is 10.1. The Morgan fingerprint density at radius 1 is 1.16 bits per heavy atom. The van der Waals surface area contributed by atoms with E-state index in [4.69, 9.17) is 0 Å². The van der Waals surface area contributed by atoms with Gasteiger partial charge in [-0.1, -0.05) is 41.6 Å². The number of benzene rings is 1. The number of rotatable bonds is 7. The second kappa shape index (κ2) is 8.07. The first-order valence-electron chi connectivity index (χ1n) is 8.21. The Morgan fingerprint density at radius 2 is 1.96 bits per heavy atom. The summed E-state index contributed by atoms with van der Waals surface area (Å²) in [6, 6.07) is 11.9. The molecule has 25 heavy (non-hydrogen) atoms. The number of hydrogen-bond donors (Lipinski definition) is 0. The van der Waals surface area contributed by atoms with Gasteiger partial charge in [-0.25, -0.2) is 0 Å². The molecule has 0 aliphatic rings. The fourth-order valence-corrected chi connectivity index (χ4v) is 3.38. The molecule has 0 saturated carbocycles. The number of thioether (sulfide) groups is 1. The van der Waals surface area contributed by atoms with Crippen molar-refractivity contribution in [3.05, 3.63) is 59.9 Å². The molecule has 0 fully saturated rings. The van der Waals surface area contributed by atoms with E-state index in [0.717, 1.165) is 28.7 Å². The van der Waals surface area contributed by atoms with Gasteiger partial charge in [-0.3, -0.25) is 9.78 Å². The van der Waals surface area contributed by atoms with Gasteiger partial charge in [-0.2, -0.15) is 0 Å². The van der Waals surface area contributed by atoms with Crippen LogP contribution in [-0.2, 0) is 17.8 Å². The number of aryl methyl sites for hydroxylation is 1. The van der Waals surface area contributed by atoms with Gasteiger partial charge >= 0.3 is 0 Å². The number of nitrogens with zero attached hydrogens (tertiary/aromatic N) is 4. The van der Waals surface area contributed by atoms with E-state index in [0.29, 0.717) is 12.2 Å². The van der Waals surface area contributed by atoms with Gasteiger partial charge < -0.3 is 4.57 Å². The maximum Gasteiger partial charge on any atom is 0.191 e. The SMILES string of the molecule is CCn1c(SCC(=O)Cc2ccc(C)cc2)nnc1-c1cccnc1. The Bertz CT molecular complexity index is 844. The average Bonchev–Trinajstić information content (AvgIpc) is 3.05. The quantitative estimate of drug-likeness (QED) is 0.608. The van der Waals surface area contributed by atoms with Gasteiger partial charge in [-0.05, 0) is 31.5 Å². The standard InChI is InChI=1S/C19H20N4OS/c1-3-23-18(16-5-4-10-20-12-16)21-22-19(23)25-13-17(24)11-15-8-6-14(2)7-9-15/h4-10,12H,3,11,13H2,1-2H3. The Hall–Kier alpha value is -2.47. The van der Waals surface area contributed by atoms with Crippen LogP contribution in [0.5, 0.6) is 0 Å². The molecule has 128 valence electrons. The predicted octanol–water partition coefficient (Wildman–Crippen LogP) is 3.57. The summed E-state index contributed by atoms with van der Waals surface area (Å²) in [6.45, 7) is 4.83. The maximum atomic E-state index is 12.3. The van der Waals surface area contributed by atoms with E-state index in [9.17, 15) is 4.79 Å². The van der Waals surface area contributed by atoms with Gasteiger partial charge in [-0.15, -0.1) is 10.2 Å². The number of ketones is 1. The third-order valence-electron chi connectivity index (χ3n) is 3.84. The molecule has 5 nitrogen and oxygen atoms in total. The normalized spacial score (nSPS) is 10.8. The third kappa shape index (κ3) is 4.33.